The van der Waals surface area contributed by atoms with Gasteiger partial charge in [0.2, 0.25) is 0 Å². The fourth-order valence-corrected chi connectivity index (χ4v) is 2.00. The molecule has 2 aromatic carbocycles. The van der Waals surface area contributed by atoms with Crippen LogP contribution in [-0.2, 0) is 11.3 Å². The summed E-state index contributed by atoms with van der Waals surface area (Å²) in [6.07, 6.45) is 0. The van der Waals surface area contributed by atoms with Gasteiger partial charge in [0.15, 0.2) is 11.6 Å². The van der Waals surface area contributed by atoms with Crippen LogP contribution >= 0.6 is 11.6 Å². The number of nitrogens with zero attached hydrogens (tertiary/aromatic N) is 1. The quantitative estimate of drug-likeness (QED) is 0.471. The molecule has 0 saturated heterocycles. The fourth-order valence-electron chi connectivity index (χ4n) is 1.81. The van der Waals surface area contributed by atoms with Gasteiger partial charge in [-0.25, -0.2) is 9.18 Å². The van der Waals surface area contributed by atoms with Crippen molar-refractivity contribution in [3.8, 4) is 5.75 Å². The Kier molecular flexibility index (Phi) is 5.13. The van der Waals surface area contributed by atoms with Gasteiger partial charge in [0, 0.05) is 6.07 Å². The van der Waals surface area contributed by atoms with Crippen LogP contribution in [0.2, 0.25) is 5.02 Å². The number of hydrogen-bond donors (Lipinski definition) is 0. The number of carbonyl (C=O) groups is 1. The summed E-state index contributed by atoms with van der Waals surface area (Å²) >= 11 is 5.67. The maximum Gasteiger partial charge on any atom is 0.338 e. The van der Waals surface area contributed by atoms with Gasteiger partial charge in [-0.2, -0.15) is 0 Å². The molecule has 0 aliphatic rings. The molecule has 0 aromatic heterocycles. The van der Waals surface area contributed by atoms with E-state index in [4.69, 9.17) is 21.1 Å². The zero-order chi connectivity index (χ0) is 17.0. The highest BCUT2D eigenvalue weighted by atomic mass is 35.5. The lowest BCUT2D eigenvalue weighted by atomic mass is 10.2. The first-order valence-electron chi connectivity index (χ1n) is 6.36. The molecule has 120 valence electrons. The number of methoxy groups -OCH3 is 1. The second-order valence-electron chi connectivity index (χ2n) is 4.47. The summed E-state index contributed by atoms with van der Waals surface area (Å²) < 4.78 is 23.3. The van der Waals surface area contributed by atoms with Gasteiger partial charge < -0.3 is 9.47 Å². The minimum atomic E-state index is -0.777. The van der Waals surface area contributed by atoms with Crippen LogP contribution in [0.15, 0.2) is 36.4 Å². The Morgan fingerprint density at radius 2 is 2.04 bits per heavy atom. The number of benzene rings is 2. The summed E-state index contributed by atoms with van der Waals surface area (Å²) in [6, 6.07) is 7.70. The van der Waals surface area contributed by atoms with Crippen molar-refractivity contribution in [3.05, 3.63) is 68.5 Å². The van der Waals surface area contributed by atoms with Crippen LogP contribution in [0.4, 0.5) is 10.1 Å². The normalized spacial score (nSPS) is 10.2. The van der Waals surface area contributed by atoms with Crippen molar-refractivity contribution >= 4 is 23.3 Å². The fraction of sp³-hybridized carbons (Fsp3) is 0.133. The zero-order valence-corrected chi connectivity index (χ0v) is 12.7. The topological polar surface area (TPSA) is 78.7 Å². The van der Waals surface area contributed by atoms with E-state index >= 15 is 0 Å². The molecule has 2 rings (SSSR count). The lowest BCUT2D eigenvalue weighted by molar-refractivity contribution is -0.384. The molecule has 2 aromatic rings. The van der Waals surface area contributed by atoms with Crippen LogP contribution in [0.1, 0.15) is 15.9 Å². The number of rotatable bonds is 5. The first-order chi connectivity index (χ1) is 10.9. The summed E-state index contributed by atoms with van der Waals surface area (Å²) in [5.74, 6) is -1.28. The number of nitro benzene ring substituents is 1. The van der Waals surface area contributed by atoms with E-state index in [0.717, 1.165) is 6.07 Å². The maximum absolute atomic E-state index is 13.5. The molecule has 0 saturated carbocycles. The number of halogens is 2. The summed E-state index contributed by atoms with van der Waals surface area (Å²) in [6.45, 7) is -0.184. The molecule has 0 unspecified atom stereocenters. The third-order valence-corrected chi connectivity index (χ3v) is 3.28. The second-order valence-corrected chi connectivity index (χ2v) is 4.88. The molecule has 0 aliphatic heterocycles. The monoisotopic (exact) mass is 339 g/mol. The van der Waals surface area contributed by atoms with E-state index in [2.05, 4.69) is 0 Å². The van der Waals surface area contributed by atoms with Crippen molar-refractivity contribution in [1.82, 2.24) is 0 Å². The van der Waals surface area contributed by atoms with E-state index in [9.17, 15) is 19.3 Å². The van der Waals surface area contributed by atoms with Crippen molar-refractivity contribution in [2.24, 2.45) is 0 Å². The number of nitro groups is 1. The molecule has 0 bridgehead atoms. The van der Waals surface area contributed by atoms with Crippen LogP contribution < -0.4 is 4.74 Å². The SMILES string of the molecule is COc1ccc(COC(=O)c2ccc(Cl)c([N+](=O)[O-])c2)cc1F. The molecule has 0 N–H and O–H groups in total. The van der Waals surface area contributed by atoms with Gasteiger partial charge >= 0.3 is 5.97 Å². The summed E-state index contributed by atoms with van der Waals surface area (Å²) in [5.41, 5.74) is 0.00630. The molecule has 0 radical (unpaired) electrons. The Balaban J connectivity index is 2.09. The van der Waals surface area contributed by atoms with Crippen molar-refractivity contribution < 1.29 is 23.6 Å². The lowest BCUT2D eigenvalue weighted by Gasteiger charge is -2.07. The van der Waals surface area contributed by atoms with E-state index in [1.165, 1.54) is 31.4 Å². The third kappa shape index (κ3) is 3.95. The van der Waals surface area contributed by atoms with Crippen LogP contribution in [0, 0.1) is 15.9 Å². The minimum absolute atomic E-state index is 0.0184. The molecule has 0 fully saturated rings. The molecular formula is C15H11ClFNO5. The second kappa shape index (κ2) is 7.06. The molecule has 0 aliphatic carbocycles. The van der Waals surface area contributed by atoms with Crippen LogP contribution in [0.3, 0.4) is 0 Å². The average molecular weight is 340 g/mol. The van der Waals surface area contributed by atoms with Gasteiger partial charge in [0.25, 0.3) is 5.69 Å². The smallest absolute Gasteiger partial charge is 0.338 e. The first-order valence-corrected chi connectivity index (χ1v) is 6.73. The number of ether oxygens (including phenoxy) is 2. The Morgan fingerprint density at radius 1 is 1.30 bits per heavy atom. The zero-order valence-electron chi connectivity index (χ0n) is 11.9. The molecule has 0 amide bonds. The highest BCUT2D eigenvalue weighted by molar-refractivity contribution is 6.32. The van der Waals surface area contributed by atoms with Crippen LogP contribution in [0.25, 0.3) is 0 Å². The van der Waals surface area contributed by atoms with E-state index in [1.54, 1.807) is 6.07 Å². The van der Waals surface area contributed by atoms with Crippen molar-refractivity contribution in [2.75, 3.05) is 7.11 Å². The number of hydrogen-bond acceptors (Lipinski definition) is 5. The summed E-state index contributed by atoms with van der Waals surface area (Å²) in [4.78, 5) is 22.0. The third-order valence-electron chi connectivity index (χ3n) is 2.96. The predicted octanol–water partition coefficient (Wildman–Crippen LogP) is 3.75. The van der Waals surface area contributed by atoms with Crippen LogP contribution in [0.5, 0.6) is 5.75 Å². The Labute approximate surface area is 135 Å². The molecule has 0 heterocycles. The predicted molar refractivity (Wildman–Crippen MR) is 80.2 cm³/mol. The van der Waals surface area contributed by atoms with Gasteiger partial charge in [-0.3, -0.25) is 10.1 Å². The van der Waals surface area contributed by atoms with Gasteiger partial charge in [0.05, 0.1) is 17.6 Å². The molecular weight excluding hydrogens is 329 g/mol. The summed E-state index contributed by atoms with van der Waals surface area (Å²) in [5, 5.41) is 10.7. The van der Waals surface area contributed by atoms with Crippen molar-refractivity contribution in [2.45, 2.75) is 6.61 Å². The Hall–Kier alpha value is -2.67. The van der Waals surface area contributed by atoms with Gasteiger partial charge in [0.1, 0.15) is 11.6 Å². The van der Waals surface area contributed by atoms with Crippen LogP contribution in [-0.4, -0.2) is 18.0 Å². The maximum atomic E-state index is 13.5. The average Bonchev–Trinajstić information content (AvgIpc) is 2.52. The highest BCUT2D eigenvalue weighted by Crippen LogP contribution is 2.25. The van der Waals surface area contributed by atoms with Gasteiger partial charge in [-0.05, 0) is 29.8 Å². The highest BCUT2D eigenvalue weighted by Gasteiger charge is 2.17. The summed E-state index contributed by atoms with van der Waals surface area (Å²) in [7, 11) is 1.34. The largest absolute Gasteiger partial charge is 0.494 e. The van der Waals surface area contributed by atoms with Crippen molar-refractivity contribution in [1.29, 1.82) is 0 Å². The van der Waals surface area contributed by atoms with Gasteiger partial charge in [-0.15, -0.1) is 0 Å². The van der Waals surface area contributed by atoms with E-state index < -0.39 is 22.4 Å². The standard InChI is InChI=1S/C15H11ClFNO5/c1-22-14-5-2-9(6-12(14)17)8-23-15(19)10-3-4-11(16)13(7-10)18(20)21/h2-7H,8H2,1H3. The lowest BCUT2D eigenvalue weighted by Crippen LogP contribution is -2.06. The molecule has 8 heteroatoms. The first kappa shape index (κ1) is 16.7. The van der Waals surface area contributed by atoms with E-state index in [1.807, 2.05) is 0 Å². The number of esters is 1. The van der Waals surface area contributed by atoms with E-state index in [0.29, 0.717) is 5.56 Å². The van der Waals surface area contributed by atoms with Gasteiger partial charge in [-0.1, -0.05) is 17.7 Å². The molecule has 0 atom stereocenters. The molecule has 0 spiro atoms. The van der Waals surface area contributed by atoms with Crippen molar-refractivity contribution in [3.63, 3.8) is 0 Å². The minimum Gasteiger partial charge on any atom is -0.494 e. The molecule has 23 heavy (non-hydrogen) atoms. The van der Waals surface area contributed by atoms with E-state index in [-0.39, 0.29) is 22.9 Å². The molecule has 6 nitrogen and oxygen atoms in total. The Bertz CT molecular complexity index is 766. The Morgan fingerprint density at radius 3 is 2.65 bits per heavy atom. The number of carbonyl (C=O) groups excluding carboxylic acids is 1.